The fraction of sp³-hybridized carbons (Fsp3) is 1.00. The molecule has 0 aromatic carbocycles. The summed E-state index contributed by atoms with van der Waals surface area (Å²) in [5, 5.41) is 10.8. The van der Waals surface area contributed by atoms with Crippen molar-refractivity contribution in [2.24, 2.45) is 28.4 Å². The zero-order valence-corrected chi connectivity index (χ0v) is 13.0. The predicted molar refractivity (Wildman–Crippen MR) is 78.4 cm³/mol. The van der Waals surface area contributed by atoms with Crippen LogP contribution in [0.4, 0.5) is 0 Å². The molecule has 3 N–H and O–H groups in total. The quantitative estimate of drug-likeness (QED) is 0.789. The molecule has 2 nitrogen and oxygen atoms in total. The Kier molecular flexibility index (Phi) is 5.25. The van der Waals surface area contributed by atoms with Crippen LogP contribution in [0.3, 0.4) is 0 Å². The summed E-state index contributed by atoms with van der Waals surface area (Å²) in [5.74, 6) is 1.38. The SMILES string of the molecule is CC(C)CC(C)CC1(CN)CCCC(C)(C)C1O. The van der Waals surface area contributed by atoms with Crippen LogP contribution in [-0.4, -0.2) is 17.8 Å². The lowest BCUT2D eigenvalue weighted by molar-refractivity contribution is -0.0987. The van der Waals surface area contributed by atoms with E-state index in [-0.39, 0.29) is 16.9 Å². The van der Waals surface area contributed by atoms with Crippen LogP contribution in [0.5, 0.6) is 0 Å². The lowest BCUT2D eigenvalue weighted by Crippen LogP contribution is -2.53. The molecule has 1 rings (SSSR count). The van der Waals surface area contributed by atoms with Crippen LogP contribution < -0.4 is 5.73 Å². The Morgan fingerprint density at radius 3 is 2.33 bits per heavy atom. The van der Waals surface area contributed by atoms with Gasteiger partial charge < -0.3 is 10.8 Å². The van der Waals surface area contributed by atoms with Crippen LogP contribution in [-0.2, 0) is 0 Å². The molecule has 0 aromatic heterocycles. The van der Waals surface area contributed by atoms with Crippen LogP contribution in [0.15, 0.2) is 0 Å². The topological polar surface area (TPSA) is 46.2 Å². The van der Waals surface area contributed by atoms with E-state index in [4.69, 9.17) is 5.73 Å². The fourth-order valence-electron chi connectivity index (χ4n) is 4.09. The van der Waals surface area contributed by atoms with Crippen molar-refractivity contribution in [3.63, 3.8) is 0 Å². The highest BCUT2D eigenvalue weighted by Gasteiger charge is 2.48. The van der Waals surface area contributed by atoms with Gasteiger partial charge in [0.05, 0.1) is 6.10 Å². The van der Waals surface area contributed by atoms with Gasteiger partial charge in [0.25, 0.3) is 0 Å². The van der Waals surface area contributed by atoms with Crippen molar-refractivity contribution in [3.8, 4) is 0 Å². The van der Waals surface area contributed by atoms with E-state index in [1.807, 2.05) is 0 Å². The molecule has 0 aromatic rings. The summed E-state index contributed by atoms with van der Waals surface area (Å²) >= 11 is 0. The molecule has 0 amide bonds. The van der Waals surface area contributed by atoms with Gasteiger partial charge in [-0.25, -0.2) is 0 Å². The maximum atomic E-state index is 10.8. The van der Waals surface area contributed by atoms with E-state index in [1.165, 1.54) is 12.8 Å². The molecule has 0 aliphatic heterocycles. The van der Waals surface area contributed by atoms with Crippen molar-refractivity contribution >= 4 is 0 Å². The first kappa shape index (κ1) is 16.0. The summed E-state index contributed by atoms with van der Waals surface area (Å²) in [7, 11) is 0. The molecule has 3 unspecified atom stereocenters. The summed E-state index contributed by atoms with van der Waals surface area (Å²) in [6, 6.07) is 0. The van der Waals surface area contributed by atoms with Gasteiger partial charge in [0.1, 0.15) is 0 Å². The molecule has 1 fully saturated rings. The second kappa shape index (κ2) is 5.92. The molecule has 1 aliphatic rings. The second-order valence-electron chi connectivity index (χ2n) is 7.75. The molecule has 18 heavy (non-hydrogen) atoms. The molecule has 2 heteroatoms. The number of rotatable bonds is 5. The predicted octanol–water partition coefficient (Wildman–Crippen LogP) is 3.57. The standard InChI is InChI=1S/C16H33NO/c1-12(2)9-13(3)10-16(11-17)8-6-7-15(4,5)14(16)18/h12-14,18H,6-11,17H2,1-5H3. The molecule has 0 bridgehead atoms. The van der Waals surface area contributed by atoms with Crippen molar-refractivity contribution in [2.45, 2.75) is 72.8 Å². The molecule has 1 saturated carbocycles. The van der Waals surface area contributed by atoms with Gasteiger partial charge in [-0.15, -0.1) is 0 Å². The van der Waals surface area contributed by atoms with E-state index in [2.05, 4.69) is 34.6 Å². The molecule has 0 spiro atoms. The number of aliphatic hydroxyl groups is 1. The summed E-state index contributed by atoms with van der Waals surface area (Å²) < 4.78 is 0. The van der Waals surface area contributed by atoms with Gasteiger partial charge in [0, 0.05) is 12.0 Å². The van der Waals surface area contributed by atoms with Gasteiger partial charge in [0.2, 0.25) is 0 Å². The van der Waals surface area contributed by atoms with Gasteiger partial charge in [-0.1, -0.05) is 41.0 Å². The number of nitrogens with two attached hydrogens (primary N) is 1. The number of hydrogen-bond acceptors (Lipinski definition) is 2. The second-order valence-corrected chi connectivity index (χ2v) is 7.75. The molecule has 0 radical (unpaired) electrons. The largest absolute Gasteiger partial charge is 0.392 e. The van der Waals surface area contributed by atoms with Gasteiger partial charge in [0.15, 0.2) is 0 Å². The molecule has 108 valence electrons. The summed E-state index contributed by atoms with van der Waals surface area (Å²) in [5.41, 5.74) is 6.05. The third-order valence-corrected chi connectivity index (χ3v) is 4.85. The van der Waals surface area contributed by atoms with E-state index in [9.17, 15) is 5.11 Å². The molecular weight excluding hydrogens is 222 g/mol. The number of aliphatic hydroxyl groups excluding tert-OH is 1. The smallest absolute Gasteiger partial charge is 0.0659 e. The summed E-state index contributed by atoms with van der Waals surface area (Å²) in [6.45, 7) is 11.9. The van der Waals surface area contributed by atoms with Gasteiger partial charge in [-0.05, 0) is 42.9 Å². The fourth-order valence-corrected chi connectivity index (χ4v) is 4.09. The Morgan fingerprint density at radius 1 is 1.22 bits per heavy atom. The third kappa shape index (κ3) is 3.48. The Bertz CT molecular complexity index is 262. The van der Waals surface area contributed by atoms with Gasteiger partial charge in [-0.3, -0.25) is 0 Å². The molecule has 3 atom stereocenters. The first-order valence-electron chi connectivity index (χ1n) is 7.61. The zero-order valence-electron chi connectivity index (χ0n) is 13.0. The minimum atomic E-state index is -0.252. The molecule has 0 heterocycles. The van der Waals surface area contributed by atoms with Crippen molar-refractivity contribution in [3.05, 3.63) is 0 Å². The maximum Gasteiger partial charge on any atom is 0.0659 e. The number of hydrogen-bond donors (Lipinski definition) is 2. The summed E-state index contributed by atoms with van der Waals surface area (Å²) in [4.78, 5) is 0. The Morgan fingerprint density at radius 2 is 1.83 bits per heavy atom. The van der Waals surface area contributed by atoms with E-state index in [1.54, 1.807) is 0 Å². The van der Waals surface area contributed by atoms with Gasteiger partial charge >= 0.3 is 0 Å². The van der Waals surface area contributed by atoms with Crippen LogP contribution in [0.25, 0.3) is 0 Å². The van der Waals surface area contributed by atoms with Gasteiger partial charge in [-0.2, -0.15) is 0 Å². The normalized spacial score (nSPS) is 33.7. The van der Waals surface area contributed by atoms with Crippen molar-refractivity contribution in [1.82, 2.24) is 0 Å². The van der Waals surface area contributed by atoms with E-state index < -0.39 is 0 Å². The third-order valence-electron chi connectivity index (χ3n) is 4.85. The Labute approximate surface area is 113 Å². The van der Waals surface area contributed by atoms with E-state index in [0.29, 0.717) is 12.5 Å². The molecule has 1 aliphatic carbocycles. The van der Waals surface area contributed by atoms with Crippen LogP contribution in [0, 0.1) is 22.7 Å². The lowest BCUT2D eigenvalue weighted by atomic mass is 9.58. The highest BCUT2D eigenvalue weighted by Crippen LogP contribution is 2.49. The monoisotopic (exact) mass is 255 g/mol. The van der Waals surface area contributed by atoms with Crippen molar-refractivity contribution in [2.75, 3.05) is 6.54 Å². The lowest BCUT2D eigenvalue weighted by Gasteiger charge is -2.50. The van der Waals surface area contributed by atoms with Crippen LogP contribution >= 0.6 is 0 Å². The van der Waals surface area contributed by atoms with E-state index >= 15 is 0 Å². The highest BCUT2D eigenvalue weighted by atomic mass is 16.3. The first-order chi connectivity index (χ1) is 8.23. The average molecular weight is 255 g/mol. The summed E-state index contributed by atoms with van der Waals surface area (Å²) in [6.07, 6.45) is 5.47. The van der Waals surface area contributed by atoms with E-state index in [0.717, 1.165) is 25.2 Å². The average Bonchev–Trinajstić information content (AvgIpc) is 2.23. The Balaban J connectivity index is 2.78. The first-order valence-corrected chi connectivity index (χ1v) is 7.61. The van der Waals surface area contributed by atoms with Crippen LogP contribution in [0.1, 0.15) is 66.7 Å². The Hall–Kier alpha value is -0.0800. The molecular formula is C16H33NO. The highest BCUT2D eigenvalue weighted by molar-refractivity contribution is 4.99. The molecule has 0 saturated heterocycles. The minimum Gasteiger partial charge on any atom is -0.392 e. The van der Waals surface area contributed by atoms with Crippen LogP contribution in [0.2, 0.25) is 0 Å². The maximum absolute atomic E-state index is 10.8. The zero-order chi connectivity index (χ0) is 14.0. The van der Waals surface area contributed by atoms with Crippen molar-refractivity contribution in [1.29, 1.82) is 0 Å². The minimum absolute atomic E-state index is 0.0230. The van der Waals surface area contributed by atoms with Crippen molar-refractivity contribution < 1.29 is 5.11 Å².